The standard InChI is InChI=1S/C22H24N4O5/c1-30-15-4-5-18-17(11-15)14(12-24-18)8-9-23-20(27)7-6-19-21(28)26(22(29)25-19)13-16-3-2-10-31-16/h2-5,10-12,19,24H,6-9,13H2,1H3,(H,23,27)(H,25,29)/t19-/m0/s1. The molecule has 162 valence electrons. The van der Waals surface area contributed by atoms with Crippen LogP contribution in [0, 0.1) is 0 Å². The molecule has 0 saturated carbocycles. The van der Waals surface area contributed by atoms with E-state index in [1.807, 2.05) is 24.4 Å². The zero-order valence-electron chi connectivity index (χ0n) is 17.1. The highest BCUT2D eigenvalue weighted by atomic mass is 16.5. The summed E-state index contributed by atoms with van der Waals surface area (Å²) in [5, 5.41) is 6.57. The van der Waals surface area contributed by atoms with Crippen molar-refractivity contribution in [3.05, 3.63) is 54.1 Å². The van der Waals surface area contributed by atoms with Crippen molar-refractivity contribution in [2.75, 3.05) is 13.7 Å². The molecule has 0 radical (unpaired) electrons. The van der Waals surface area contributed by atoms with E-state index >= 15 is 0 Å². The summed E-state index contributed by atoms with van der Waals surface area (Å²) in [5.74, 6) is 0.796. The average Bonchev–Trinajstić information content (AvgIpc) is 3.49. The van der Waals surface area contributed by atoms with E-state index in [9.17, 15) is 14.4 Å². The number of H-pyrrole nitrogens is 1. The summed E-state index contributed by atoms with van der Waals surface area (Å²) >= 11 is 0. The van der Waals surface area contributed by atoms with Crippen LogP contribution >= 0.6 is 0 Å². The van der Waals surface area contributed by atoms with Crippen molar-refractivity contribution in [2.24, 2.45) is 0 Å². The van der Waals surface area contributed by atoms with Gasteiger partial charge in [-0.25, -0.2) is 4.79 Å². The fourth-order valence-corrected chi connectivity index (χ4v) is 3.67. The number of fused-ring (bicyclic) bond motifs is 1. The summed E-state index contributed by atoms with van der Waals surface area (Å²) in [7, 11) is 1.63. The molecule has 2 aromatic heterocycles. The number of amides is 4. The second-order valence-electron chi connectivity index (χ2n) is 7.37. The number of nitrogens with zero attached hydrogens (tertiary/aromatic N) is 1. The molecule has 1 aliphatic rings. The number of carbonyl (C=O) groups is 3. The van der Waals surface area contributed by atoms with Gasteiger partial charge >= 0.3 is 6.03 Å². The Morgan fingerprint density at radius 1 is 1.29 bits per heavy atom. The fraction of sp³-hybridized carbons (Fsp3) is 0.318. The smallest absolute Gasteiger partial charge is 0.325 e. The van der Waals surface area contributed by atoms with Gasteiger partial charge in [-0.3, -0.25) is 14.5 Å². The van der Waals surface area contributed by atoms with Crippen LogP contribution in [0.25, 0.3) is 10.9 Å². The van der Waals surface area contributed by atoms with E-state index in [4.69, 9.17) is 9.15 Å². The van der Waals surface area contributed by atoms with Crippen molar-refractivity contribution < 1.29 is 23.5 Å². The summed E-state index contributed by atoms with van der Waals surface area (Å²) < 4.78 is 10.5. The third kappa shape index (κ3) is 4.55. The van der Waals surface area contributed by atoms with Gasteiger partial charge in [0.1, 0.15) is 17.6 Å². The lowest BCUT2D eigenvalue weighted by Crippen LogP contribution is -2.33. The lowest BCUT2D eigenvalue weighted by Gasteiger charge is -2.11. The normalized spacial score (nSPS) is 16.0. The maximum atomic E-state index is 12.5. The highest BCUT2D eigenvalue weighted by molar-refractivity contribution is 6.04. The van der Waals surface area contributed by atoms with E-state index in [0.717, 1.165) is 27.1 Å². The van der Waals surface area contributed by atoms with E-state index in [1.54, 1.807) is 19.2 Å². The van der Waals surface area contributed by atoms with Crippen molar-refractivity contribution >= 4 is 28.7 Å². The van der Waals surface area contributed by atoms with Gasteiger partial charge in [-0.05, 0) is 48.7 Å². The van der Waals surface area contributed by atoms with Crippen LogP contribution in [0.15, 0.2) is 47.2 Å². The molecule has 1 fully saturated rings. The number of nitrogens with one attached hydrogen (secondary N) is 3. The van der Waals surface area contributed by atoms with Crippen LogP contribution < -0.4 is 15.4 Å². The number of urea groups is 1. The maximum Gasteiger partial charge on any atom is 0.325 e. The lowest BCUT2D eigenvalue weighted by molar-refractivity contribution is -0.128. The number of hydrogen-bond acceptors (Lipinski definition) is 5. The predicted octanol–water partition coefficient (Wildman–Crippen LogP) is 2.33. The van der Waals surface area contributed by atoms with Crippen LogP contribution in [0.4, 0.5) is 4.79 Å². The van der Waals surface area contributed by atoms with Gasteiger partial charge in [0.25, 0.3) is 5.91 Å². The average molecular weight is 424 g/mol. The molecule has 1 aromatic carbocycles. The molecule has 1 saturated heterocycles. The lowest BCUT2D eigenvalue weighted by atomic mass is 10.1. The second-order valence-corrected chi connectivity index (χ2v) is 7.37. The zero-order valence-corrected chi connectivity index (χ0v) is 17.1. The highest BCUT2D eigenvalue weighted by Gasteiger charge is 2.38. The minimum absolute atomic E-state index is 0.0791. The molecule has 3 N–H and O–H groups in total. The first kappa shape index (κ1) is 20.5. The van der Waals surface area contributed by atoms with E-state index in [0.29, 0.717) is 18.7 Å². The van der Waals surface area contributed by atoms with Crippen molar-refractivity contribution in [3.8, 4) is 5.75 Å². The monoisotopic (exact) mass is 424 g/mol. The van der Waals surface area contributed by atoms with Crippen molar-refractivity contribution in [1.29, 1.82) is 0 Å². The molecule has 4 rings (SSSR count). The molecule has 3 aromatic rings. The Kier molecular flexibility index (Phi) is 5.92. The molecule has 0 spiro atoms. The van der Waals surface area contributed by atoms with E-state index < -0.39 is 12.1 Å². The Balaban J connectivity index is 1.23. The minimum atomic E-state index is -0.700. The first-order valence-electron chi connectivity index (χ1n) is 10.1. The van der Waals surface area contributed by atoms with Crippen LogP contribution in [0.5, 0.6) is 5.75 Å². The molecule has 0 aliphatic carbocycles. The topological polar surface area (TPSA) is 117 Å². The number of methoxy groups -OCH3 is 1. The number of aromatic nitrogens is 1. The predicted molar refractivity (Wildman–Crippen MR) is 112 cm³/mol. The molecule has 9 nitrogen and oxygen atoms in total. The Hall–Kier alpha value is -3.75. The maximum absolute atomic E-state index is 12.5. The number of rotatable bonds is 9. The number of hydrogen-bond donors (Lipinski definition) is 3. The fourth-order valence-electron chi connectivity index (χ4n) is 3.67. The van der Waals surface area contributed by atoms with Gasteiger partial charge in [0.15, 0.2) is 0 Å². The largest absolute Gasteiger partial charge is 0.497 e. The van der Waals surface area contributed by atoms with Gasteiger partial charge in [-0.15, -0.1) is 0 Å². The van der Waals surface area contributed by atoms with Gasteiger partial charge in [-0.2, -0.15) is 0 Å². The molecule has 9 heteroatoms. The van der Waals surface area contributed by atoms with Crippen molar-refractivity contribution in [1.82, 2.24) is 20.5 Å². The summed E-state index contributed by atoms with van der Waals surface area (Å²) in [6.45, 7) is 0.550. The number of furan rings is 1. The molecule has 0 bridgehead atoms. The van der Waals surface area contributed by atoms with E-state index in [2.05, 4.69) is 15.6 Å². The van der Waals surface area contributed by atoms with Crippen LogP contribution in [-0.2, 0) is 22.6 Å². The number of ether oxygens (including phenoxy) is 1. The molecule has 0 unspecified atom stereocenters. The number of benzene rings is 1. The molecule has 4 amide bonds. The molecular formula is C22H24N4O5. The highest BCUT2D eigenvalue weighted by Crippen LogP contribution is 2.23. The van der Waals surface area contributed by atoms with Gasteiger partial charge in [-0.1, -0.05) is 0 Å². The number of imide groups is 1. The van der Waals surface area contributed by atoms with E-state index in [1.165, 1.54) is 6.26 Å². The van der Waals surface area contributed by atoms with Gasteiger partial charge in [0, 0.05) is 30.1 Å². The molecule has 1 atom stereocenters. The molecular weight excluding hydrogens is 400 g/mol. The van der Waals surface area contributed by atoms with Crippen LogP contribution in [0.1, 0.15) is 24.2 Å². The first-order valence-corrected chi connectivity index (χ1v) is 10.1. The number of aromatic amines is 1. The third-order valence-electron chi connectivity index (χ3n) is 5.35. The van der Waals surface area contributed by atoms with Gasteiger partial charge in [0.2, 0.25) is 5.91 Å². The summed E-state index contributed by atoms with van der Waals surface area (Å²) in [6.07, 6.45) is 4.47. The van der Waals surface area contributed by atoms with Crippen molar-refractivity contribution in [2.45, 2.75) is 31.8 Å². The summed E-state index contributed by atoms with van der Waals surface area (Å²) in [6, 6.07) is 8.04. The quantitative estimate of drug-likeness (QED) is 0.456. The Labute approximate surface area is 178 Å². The Bertz CT molecular complexity index is 1090. The van der Waals surface area contributed by atoms with Crippen LogP contribution in [-0.4, -0.2) is 47.4 Å². The third-order valence-corrected chi connectivity index (χ3v) is 5.35. The first-order chi connectivity index (χ1) is 15.0. The van der Waals surface area contributed by atoms with E-state index in [-0.39, 0.29) is 31.2 Å². The minimum Gasteiger partial charge on any atom is -0.497 e. The van der Waals surface area contributed by atoms with Crippen LogP contribution in [0.2, 0.25) is 0 Å². The molecule has 31 heavy (non-hydrogen) atoms. The number of carbonyl (C=O) groups excluding carboxylic acids is 3. The molecule has 3 heterocycles. The zero-order chi connectivity index (χ0) is 21.8. The molecule has 1 aliphatic heterocycles. The Morgan fingerprint density at radius 3 is 2.94 bits per heavy atom. The van der Waals surface area contributed by atoms with Crippen molar-refractivity contribution in [3.63, 3.8) is 0 Å². The SMILES string of the molecule is COc1ccc2[nH]cc(CCNC(=O)CC[C@@H]3NC(=O)N(Cc4ccco4)C3=O)c2c1. The second kappa shape index (κ2) is 8.95. The van der Waals surface area contributed by atoms with Gasteiger partial charge in [0.05, 0.1) is 19.9 Å². The Morgan fingerprint density at radius 2 is 2.16 bits per heavy atom. The van der Waals surface area contributed by atoms with Gasteiger partial charge < -0.3 is 24.8 Å². The van der Waals surface area contributed by atoms with Crippen LogP contribution in [0.3, 0.4) is 0 Å². The summed E-state index contributed by atoms with van der Waals surface area (Å²) in [4.78, 5) is 41.1. The summed E-state index contributed by atoms with van der Waals surface area (Å²) in [5.41, 5.74) is 2.10.